The van der Waals surface area contributed by atoms with Gasteiger partial charge in [-0.25, -0.2) is 0 Å². The number of hydrogen-bond acceptors (Lipinski definition) is 5. The van der Waals surface area contributed by atoms with E-state index in [0.717, 1.165) is 41.7 Å². The number of carbonyl (C=O) groups excluding carboxylic acids is 1. The molecule has 7 heteroatoms. The summed E-state index contributed by atoms with van der Waals surface area (Å²) in [5.41, 5.74) is 0.902. The molecule has 6 nitrogen and oxygen atoms in total. The van der Waals surface area contributed by atoms with E-state index < -0.39 is 0 Å². The standard InChI is InChI=1S/C19H26N4O2S/c1-4-23-17(15-11-7-8-12-16(15)25-3)21-22-19(23)26-13(2)18(24)20-14-9-5-6-10-14/h7-8,11-14H,4-6,9-10H2,1-3H3,(H,20,24)/t13-/m0/s1. The minimum absolute atomic E-state index is 0.0754. The molecule has 1 aromatic heterocycles. The largest absolute Gasteiger partial charge is 0.496 e. The number of para-hydroxylation sites is 1. The molecule has 2 aromatic rings. The van der Waals surface area contributed by atoms with Crippen molar-refractivity contribution in [3.05, 3.63) is 24.3 Å². The Morgan fingerprint density at radius 2 is 2.08 bits per heavy atom. The summed E-state index contributed by atoms with van der Waals surface area (Å²) in [6.45, 7) is 4.70. The number of nitrogens with one attached hydrogen (secondary N) is 1. The number of thioether (sulfide) groups is 1. The van der Waals surface area contributed by atoms with Crippen molar-refractivity contribution >= 4 is 17.7 Å². The van der Waals surface area contributed by atoms with E-state index in [1.165, 1.54) is 24.6 Å². The van der Waals surface area contributed by atoms with E-state index in [9.17, 15) is 4.79 Å². The smallest absolute Gasteiger partial charge is 0.233 e. The Morgan fingerprint density at radius 3 is 2.77 bits per heavy atom. The summed E-state index contributed by atoms with van der Waals surface area (Å²) in [5.74, 6) is 1.60. The fourth-order valence-electron chi connectivity index (χ4n) is 3.29. The number of hydrogen-bond donors (Lipinski definition) is 1. The molecule has 0 saturated heterocycles. The second-order valence-electron chi connectivity index (χ2n) is 6.50. The SMILES string of the molecule is CCn1c(S[C@@H](C)C(=O)NC2CCCC2)nnc1-c1ccccc1OC. The van der Waals surface area contributed by atoms with Crippen molar-refractivity contribution in [1.29, 1.82) is 0 Å². The predicted molar refractivity (Wildman–Crippen MR) is 103 cm³/mol. The number of benzene rings is 1. The monoisotopic (exact) mass is 374 g/mol. The second-order valence-corrected chi connectivity index (χ2v) is 7.81. The molecule has 1 N–H and O–H groups in total. The maximum Gasteiger partial charge on any atom is 0.233 e. The van der Waals surface area contributed by atoms with Gasteiger partial charge in [-0.3, -0.25) is 4.79 Å². The van der Waals surface area contributed by atoms with Crippen LogP contribution in [-0.4, -0.2) is 39.1 Å². The summed E-state index contributed by atoms with van der Waals surface area (Å²) in [4.78, 5) is 12.5. The normalized spacial score (nSPS) is 15.8. The summed E-state index contributed by atoms with van der Waals surface area (Å²) < 4.78 is 7.48. The topological polar surface area (TPSA) is 69.0 Å². The molecule has 0 spiro atoms. The van der Waals surface area contributed by atoms with Crippen molar-refractivity contribution in [2.75, 3.05) is 7.11 Å². The van der Waals surface area contributed by atoms with E-state index in [-0.39, 0.29) is 11.2 Å². The first kappa shape index (κ1) is 18.8. The van der Waals surface area contributed by atoms with Crippen LogP contribution in [0.2, 0.25) is 0 Å². The van der Waals surface area contributed by atoms with Crippen LogP contribution >= 0.6 is 11.8 Å². The predicted octanol–water partition coefficient (Wildman–Crippen LogP) is 3.51. The molecule has 0 radical (unpaired) electrons. The summed E-state index contributed by atoms with van der Waals surface area (Å²) in [6.07, 6.45) is 4.59. The van der Waals surface area contributed by atoms with E-state index in [1.54, 1.807) is 7.11 Å². The van der Waals surface area contributed by atoms with Crippen molar-refractivity contribution < 1.29 is 9.53 Å². The molecule has 0 unspecified atom stereocenters. The van der Waals surface area contributed by atoms with Crippen LogP contribution < -0.4 is 10.1 Å². The van der Waals surface area contributed by atoms with Crippen molar-refractivity contribution in [3.8, 4) is 17.1 Å². The molecule has 1 amide bonds. The van der Waals surface area contributed by atoms with Crippen LogP contribution in [0.5, 0.6) is 5.75 Å². The Bertz CT molecular complexity index is 756. The third-order valence-electron chi connectivity index (χ3n) is 4.73. The average Bonchev–Trinajstić information content (AvgIpc) is 3.31. The van der Waals surface area contributed by atoms with Crippen molar-refractivity contribution in [2.24, 2.45) is 0 Å². The zero-order valence-corrected chi connectivity index (χ0v) is 16.4. The van der Waals surface area contributed by atoms with E-state index >= 15 is 0 Å². The van der Waals surface area contributed by atoms with Crippen molar-refractivity contribution in [1.82, 2.24) is 20.1 Å². The van der Waals surface area contributed by atoms with Crippen LogP contribution in [0.25, 0.3) is 11.4 Å². The highest BCUT2D eigenvalue weighted by molar-refractivity contribution is 8.00. The van der Waals surface area contributed by atoms with Gasteiger partial charge in [-0.1, -0.05) is 36.7 Å². The molecule has 3 rings (SSSR count). The highest BCUT2D eigenvalue weighted by Gasteiger charge is 2.24. The summed E-state index contributed by atoms with van der Waals surface area (Å²) in [7, 11) is 1.65. The molecule has 0 bridgehead atoms. The van der Waals surface area contributed by atoms with Gasteiger partial charge in [0.2, 0.25) is 5.91 Å². The second kappa shape index (κ2) is 8.58. The molecule has 1 atom stereocenters. The van der Waals surface area contributed by atoms with Gasteiger partial charge in [0.05, 0.1) is 17.9 Å². The lowest BCUT2D eigenvalue weighted by molar-refractivity contribution is -0.120. The average molecular weight is 375 g/mol. The van der Waals surface area contributed by atoms with E-state index in [2.05, 4.69) is 22.4 Å². The quantitative estimate of drug-likeness (QED) is 0.751. The Morgan fingerprint density at radius 1 is 1.35 bits per heavy atom. The lowest BCUT2D eigenvalue weighted by Gasteiger charge is -2.16. The number of nitrogens with zero attached hydrogens (tertiary/aromatic N) is 3. The number of ether oxygens (including phenoxy) is 1. The maximum atomic E-state index is 12.5. The van der Waals surface area contributed by atoms with Gasteiger partial charge in [-0.2, -0.15) is 0 Å². The third kappa shape index (κ3) is 4.03. The molecular formula is C19H26N4O2S. The molecule has 0 aliphatic heterocycles. The molecule has 1 aliphatic rings. The first-order valence-electron chi connectivity index (χ1n) is 9.17. The first-order valence-corrected chi connectivity index (χ1v) is 10.1. The highest BCUT2D eigenvalue weighted by Crippen LogP contribution is 2.32. The number of amides is 1. The van der Waals surface area contributed by atoms with Gasteiger partial charge >= 0.3 is 0 Å². The first-order chi connectivity index (χ1) is 12.6. The van der Waals surface area contributed by atoms with Crippen molar-refractivity contribution in [3.63, 3.8) is 0 Å². The molecular weight excluding hydrogens is 348 g/mol. The summed E-state index contributed by atoms with van der Waals surface area (Å²) >= 11 is 1.45. The van der Waals surface area contributed by atoms with Crippen molar-refractivity contribution in [2.45, 2.75) is 62.5 Å². The molecule has 26 heavy (non-hydrogen) atoms. The Hall–Kier alpha value is -2.02. The number of aromatic nitrogens is 3. The van der Waals surface area contributed by atoms with Crippen LogP contribution in [0.15, 0.2) is 29.4 Å². The Balaban J connectivity index is 1.76. The van der Waals surface area contributed by atoms with Crippen LogP contribution in [0.1, 0.15) is 39.5 Å². The third-order valence-corrected chi connectivity index (χ3v) is 5.81. The minimum atomic E-state index is -0.212. The van der Waals surface area contributed by atoms with Gasteiger partial charge in [0.1, 0.15) is 5.75 Å². The number of rotatable bonds is 7. The zero-order valence-electron chi connectivity index (χ0n) is 15.6. The molecule has 140 valence electrons. The molecule has 1 fully saturated rings. The van der Waals surface area contributed by atoms with Gasteiger partial charge < -0.3 is 14.6 Å². The van der Waals surface area contributed by atoms with E-state index in [4.69, 9.17) is 4.74 Å². The van der Waals surface area contributed by atoms with Gasteiger partial charge in [-0.15, -0.1) is 10.2 Å². The Kier molecular flexibility index (Phi) is 6.19. The van der Waals surface area contributed by atoms with Crippen LogP contribution in [-0.2, 0) is 11.3 Å². The number of methoxy groups -OCH3 is 1. The minimum Gasteiger partial charge on any atom is -0.496 e. The lowest BCUT2D eigenvalue weighted by atomic mass is 10.2. The zero-order chi connectivity index (χ0) is 18.5. The van der Waals surface area contributed by atoms with E-state index in [0.29, 0.717) is 6.04 Å². The van der Waals surface area contributed by atoms with Crippen LogP contribution in [0.4, 0.5) is 0 Å². The molecule has 1 heterocycles. The fraction of sp³-hybridized carbons (Fsp3) is 0.526. The molecule has 1 aromatic carbocycles. The Labute approximate surface area is 158 Å². The molecule has 1 saturated carbocycles. The fourth-order valence-corrected chi connectivity index (χ4v) is 4.21. The summed E-state index contributed by atoms with van der Waals surface area (Å²) in [6, 6.07) is 8.10. The van der Waals surface area contributed by atoms with Crippen LogP contribution in [0.3, 0.4) is 0 Å². The van der Waals surface area contributed by atoms with E-state index in [1.807, 2.05) is 35.8 Å². The summed E-state index contributed by atoms with van der Waals surface area (Å²) in [5, 5.41) is 12.4. The van der Waals surface area contributed by atoms with Crippen LogP contribution in [0, 0.1) is 0 Å². The molecule has 1 aliphatic carbocycles. The van der Waals surface area contributed by atoms with Gasteiger partial charge in [0.25, 0.3) is 0 Å². The van der Waals surface area contributed by atoms with Gasteiger partial charge in [0, 0.05) is 12.6 Å². The maximum absolute atomic E-state index is 12.5. The van der Waals surface area contributed by atoms with Gasteiger partial charge in [-0.05, 0) is 38.8 Å². The number of carbonyl (C=O) groups is 1. The van der Waals surface area contributed by atoms with Gasteiger partial charge in [0.15, 0.2) is 11.0 Å². The highest BCUT2D eigenvalue weighted by atomic mass is 32.2. The lowest BCUT2D eigenvalue weighted by Crippen LogP contribution is -2.37.